The van der Waals surface area contributed by atoms with Crippen LogP contribution < -0.4 is 5.63 Å². The lowest BCUT2D eigenvalue weighted by Crippen LogP contribution is -2.11. The van der Waals surface area contributed by atoms with E-state index in [-0.39, 0.29) is 16.3 Å². The third-order valence-corrected chi connectivity index (χ3v) is 3.82. The van der Waals surface area contributed by atoms with Gasteiger partial charge in [-0.3, -0.25) is 14.9 Å². The van der Waals surface area contributed by atoms with Crippen LogP contribution in [0.15, 0.2) is 63.8 Å². The summed E-state index contributed by atoms with van der Waals surface area (Å²) in [6.07, 6.45) is 2.54. The molecule has 0 bridgehead atoms. The topological polar surface area (TPSA) is 90.4 Å². The van der Waals surface area contributed by atoms with Crippen molar-refractivity contribution in [2.45, 2.75) is 0 Å². The molecule has 0 aliphatic carbocycles. The number of nitro benzene ring substituents is 1. The van der Waals surface area contributed by atoms with E-state index in [2.05, 4.69) is 0 Å². The number of hydrogen-bond acceptors (Lipinski definition) is 5. The minimum atomic E-state index is -0.740. The molecule has 7 heteroatoms. The van der Waals surface area contributed by atoms with E-state index in [1.165, 1.54) is 30.3 Å². The number of rotatable bonds is 4. The maximum atomic E-state index is 12.3. The highest BCUT2D eigenvalue weighted by molar-refractivity contribution is 6.32. The first-order valence-electron chi connectivity index (χ1n) is 7.15. The van der Waals surface area contributed by atoms with Crippen molar-refractivity contribution in [3.05, 3.63) is 91.3 Å². The molecule has 0 unspecified atom stereocenters. The van der Waals surface area contributed by atoms with Crippen LogP contribution in [0.4, 0.5) is 5.69 Å². The Hall–Kier alpha value is -3.25. The second-order valence-corrected chi connectivity index (χ2v) is 5.56. The van der Waals surface area contributed by atoms with Crippen LogP contribution in [-0.4, -0.2) is 10.7 Å². The zero-order chi connectivity index (χ0) is 18.0. The molecule has 2 aromatic carbocycles. The maximum Gasteiger partial charge on any atom is 0.347 e. The molecule has 25 heavy (non-hydrogen) atoms. The molecule has 0 N–H and O–H groups in total. The summed E-state index contributed by atoms with van der Waals surface area (Å²) in [4.78, 5) is 34.5. The van der Waals surface area contributed by atoms with Gasteiger partial charge in [-0.2, -0.15) is 0 Å². The average Bonchev–Trinajstić information content (AvgIpc) is 2.59. The van der Waals surface area contributed by atoms with Crippen molar-refractivity contribution in [2.24, 2.45) is 0 Å². The Morgan fingerprint density at radius 3 is 2.68 bits per heavy atom. The van der Waals surface area contributed by atoms with Gasteiger partial charge in [0.25, 0.3) is 5.69 Å². The summed E-state index contributed by atoms with van der Waals surface area (Å²) in [6, 6.07) is 12.4. The third-order valence-electron chi connectivity index (χ3n) is 3.50. The summed E-state index contributed by atoms with van der Waals surface area (Å²) in [5, 5.41) is 11.5. The van der Waals surface area contributed by atoms with Crippen molar-refractivity contribution in [1.82, 2.24) is 0 Å². The zero-order valence-corrected chi connectivity index (χ0v) is 13.4. The lowest BCUT2D eigenvalue weighted by Gasteiger charge is -1.99. The standard InChI is InChI=1S/C18H10ClNO5/c19-14-7-5-11(9-15(14)20(23)24)6-8-16(21)13-10-12-3-1-2-4-17(12)25-18(13)22/h1-10H/b8-6+. The Kier molecular flexibility index (Phi) is 4.45. The molecule has 0 aliphatic heterocycles. The van der Waals surface area contributed by atoms with Crippen LogP contribution in [0.25, 0.3) is 17.0 Å². The number of hydrogen-bond donors (Lipinski definition) is 0. The average molecular weight is 356 g/mol. The first-order chi connectivity index (χ1) is 12.0. The molecule has 0 amide bonds. The third kappa shape index (κ3) is 3.49. The van der Waals surface area contributed by atoms with Gasteiger partial charge in [-0.1, -0.05) is 41.9 Å². The summed E-state index contributed by atoms with van der Waals surface area (Å²) in [5.74, 6) is -0.558. The second kappa shape index (κ2) is 6.70. The van der Waals surface area contributed by atoms with Crippen molar-refractivity contribution in [3.8, 4) is 0 Å². The fourth-order valence-electron chi connectivity index (χ4n) is 2.27. The van der Waals surface area contributed by atoms with Crippen LogP contribution in [0.3, 0.4) is 0 Å². The van der Waals surface area contributed by atoms with E-state index in [0.29, 0.717) is 16.5 Å². The highest BCUT2D eigenvalue weighted by Crippen LogP contribution is 2.25. The van der Waals surface area contributed by atoms with E-state index in [4.69, 9.17) is 16.0 Å². The molecule has 124 valence electrons. The number of para-hydroxylation sites is 1. The molecule has 1 heterocycles. The number of benzene rings is 2. The van der Waals surface area contributed by atoms with Gasteiger partial charge in [0.1, 0.15) is 16.2 Å². The molecule has 0 saturated carbocycles. The van der Waals surface area contributed by atoms with Crippen molar-refractivity contribution in [2.75, 3.05) is 0 Å². The smallest absolute Gasteiger partial charge is 0.347 e. The summed E-state index contributed by atoms with van der Waals surface area (Å²) in [6.45, 7) is 0. The number of carbonyl (C=O) groups excluding carboxylic acids is 1. The van der Waals surface area contributed by atoms with Gasteiger partial charge in [0.2, 0.25) is 0 Å². The normalized spacial score (nSPS) is 11.1. The van der Waals surface area contributed by atoms with E-state index in [0.717, 1.165) is 6.08 Å². The first-order valence-corrected chi connectivity index (χ1v) is 7.53. The van der Waals surface area contributed by atoms with Gasteiger partial charge in [0.05, 0.1) is 4.92 Å². The molecule has 0 atom stereocenters. The van der Waals surface area contributed by atoms with E-state index in [1.54, 1.807) is 24.3 Å². The number of nitrogens with zero attached hydrogens (tertiary/aromatic N) is 1. The van der Waals surface area contributed by atoms with Crippen molar-refractivity contribution in [1.29, 1.82) is 0 Å². The van der Waals surface area contributed by atoms with Gasteiger partial charge in [0, 0.05) is 11.5 Å². The molecule has 3 rings (SSSR count). The summed E-state index contributed by atoms with van der Waals surface area (Å²) in [7, 11) is 0. The Morgan fingerprint density at radius 2 is 1.92 bits per heavy atom. The number of halogens is 1. The van der Waals surface area contributed by atoms with Gasteiger partial charge in [0.15, 0.2) is 5.78 Å². The zero-order valence-electron chi connectivity index (χ0n) is 12.6. The van der Waals surface area contributed by atoms with Crippen LogP contribution in [0.5, 0.6) is 0 Å². The predicted octanol–water partition coefficient (Wildman–Crippen LogP) is 4.25. The second-order valence-electron chi connectivity index (χ2n) is 5.15. The summed E-state index contributed by atoms with van der Waals surface area (Å²) < 4.78 is 5.12. The molecule has 1 aromatic heterocycles. The Morgan fingerprint density at radius 1 is 1.16 bits per heavy atom. The molecular weight excluding hydrogens is 346 g/mol. The van der Waals surface area contributed by atoms with E-state index in [1.807, 2.05) is 0 Å². The molecule has 0 fully saturated rings. The molecule has 0 aliphatic rings. The highest BCUT2D eigenvalue weighted by atomic mass is 35.5. The fraction of sp³-hybridized carbons (Fsp3) is 0. The monoisotopic (exact) mass is 355 g/mol. The van der Waals surface area contributed by atoms with Gasteiger partial charge in [-0.05, 0) is 29.8 Å². The molecule has 0 radical (unpaired) electrons. The Labute approximate surface area is 146 Å². The lowest BCUT2D eigenvalue weighted by molar-refractivity contribution is -0.384. The van der Waals surface area contributed by atoms with Gasteiger partial charge in [-0.15, -0.1) is 0 Å². The maximum absolute atomic E-state index is 12.3. The summed E-state index contributed by atoms with van der Waals surface area (Å²) >= 11 is 5.74. The lowest BCUT2D eigenvalue weighted by atomic mass is 10.1. The Bertz CT molecular complexity index is 1080. The van der Waals surface area contributed by atoms with Crippen molar-refractivity contribution in [3.63, 3.8) is 0 Å². The van der Waals surface area contributed by atoms with Crippen LogP contribution in [0, 0.1) is 10.1 Å². The minimum absolute atomic E-state index is 0.00338. The van der Waals surface area contributed by atoms with E-state index < -0.39 is 16.3 Å². The first kappa shape index (κ1) is 16.6. The quantitative estimate of drug-likeness (QED) is 0.229. The number of nitro groups is 1. The van der Waals surface area contributed by atoms with Crippen LogP contribution >= 0.6 is 11.6 Å². The number of fused-ring (bicyclic) bond motifs is 1. The van der Waals surface area contributed by atoms with Crippen molar-refractivity contribution < 1.29 is 14.1 Å². The van der Waals surface area contributed by atoms with E-state index in [9.17, 15) is 19.7 Å². The molecule has 0 spiro atoms. The Balaban J connectivity index is 1.93. The van der Waals surface area contributed by atoms with Crippen molar-refractivity contribution >= 4 is 40.1 Å². The highest BCUT2D eigenvalue weighted by Gasteiger charge is 2.13. The molecule has 3 aromatic rings. The van der Waals surface area contributed by atoms with Crippen LogP contribution in [-0.2, 0) is 0 Å². The number of ketones is 1. The molecule has 6 nitrogen and oxygen atoms in total. The van der Waals surface area contributed by atoms with E-state index >= 15 is 0 Å². The van der Waals surface area contributed by atoms with Gasteiger partial charge < -0.3 is 4.42 Å². The van der Waals surface area contributed by atoms with Gasteiger partial charge >= 0.3 is 5.63 Å². The van der Waals surface area contributed by atoms with Crippen LogP contribution in [0.2, 0.25) is 5.02 Å². The van der Waals surface area contributed by atoms with Crippen LogP contribution in [0.1, 0.15) is 15.9 Å². The SMILES string of the molecule is O=C(/C=C/c1ccc(Cl)c([N+](=O)[O-])c1)c1cc2ccccc2oc1=O. The predicted molar refractivity (Wildman–Crippen MR) is 94.0 cm³/mol. The largest absolute Gasteiger partial charge is 0.422 e. The molecule has 0 saturated heterocycles. The minimum Gasteiger partial charge on any atom is -0.422 e. The number of carbonyl (C=O) groups is 1. The van der Waals surface area contributed by atoms with Gasteiger partial charge in [-0.25, -0.2) is 4.79 Å². The number of allylic oxidation sites excluding steroid dienone is 1. The molecular formula is C18H10ClNO5. The fourth-order valence-corrected chi connectivity index (χ4v) is 2.46. The summed E-state index contributed by atoms with van der Waals surface area (Å²) in [5.41, 5.74) is -0.314.